The van der Waals surface area contributed by atoms with Crippen LogP contribution >= 0.6 is 0 Å². The van der Waals surface area contributed by atoms with Crippen LogP contribution in [-0.4, -0.2) is 52.8 Å². The van der Waals surface area contributed by atoms with Crippen molar-refractivity contribution in [1.29, 1.82) is 0 Å². The molecule has 0 N–H and O–H groups in total. The van der Waals surface area contributed by atoms with Gasteiger partial charge in [0.1, 0.15) is 5.82 Å². The maximum absolute atomic E-state index is 13.8. The topological polar surface area (TPSA) is 53.5 Å². The van der Waals surface area contributed by atoms with Crippen molar-refractivity contribution in [2.75, 3.05) is 26.2 Å². The number of carbonyl (C=O) groups is 2. The molecule has 2 amide bonds. The third-order valence-corrected chi connectivity index (χ3v) is 4.62. The Morgan fingerprint density at radius 3 is 2.42 bits per heavy atom. The number of pyridine rings is 1. The van der Waals surface area contributed by atoms with Crippen LogP contribution in [0.5, 0.6) is 0 Å². The first kappa shape index (κ1) is 18.0. The average molecular weight is 355 g/mol. The van der Waals surface area contributed by atoms with Crippen molar-refractivity contribution >= 4 is 11.8 Å². The summed E-state index contributed by atoms with van der Waals surface area (Å²) < 4.78 is 13.8. The standard InChI is InChI=1S/C20H22FN3O2/c21-18-5-2-1-4-17(18)20(26)24-13-3-12-23(14-15-24)19(25)7-6-16-8-10-22-11-9-16/h1-2,4-5,8-11H,3,6-7,12-15H2. The Bertz CT molecular complexity index is 767. The van der Waals surface area contributed by atoms with Crippen molar-refractivity contribution in [3.63, 3.8) is 0 Å². The van der Waals surface area contributed by atoms with Gasteiger partial charge in [0, 0.05) is 45.0 Å². The predicted molar refractivity (Wildman–Crippen MR) is 96.1 cm³/mol. The molecule has 2 aromatic rings. The zero-order valence-electron chi connectivity index (χ0n) is 14.6. The molecule has 1 saturated heterocycles. The van der Waals surface area contributed by atoms with Gasteiger partial charge < -0.3 is 9.80 Å². The van der Waals surface area contributed by atoms with Crippen LogP contribution in [0.4, 0.5) is 4.39 Å². The third-order valence-electron chi connectivity index (χ3n) is 4.62. The first-order valence-electron chi connectivity index (χ1n) is 8.85. The molecule has 1 fully saturated rings. The summed E-state index contributed by atoms with van der Waals surface area (Å²) >= 11 is 0. The first-order valence-corrected chi connectivity index (χ1v) is 8.85. The molecule has 1 aromatic carbocycles. The molecule has 0 aliphatic carbocycles. The van der Waals surface area contributed by atoms with E-state index in [-0.39, 0.29) is 17.4 Å². The predicted octanol–water partition coefficient (Wildman–Crippen LogP) is 2.53. The molecular weight excluding hydrogens is 333 g/mol. The molecule has 0 atom stereocenters. The van der Waals surface area contributed by atoms with Crippen molar-refractivity contribution in [3.05, 3.63) is 65.7 Å². The molecule has 3 rings (SSSR count). The van der Waals surface area contributed by atoms with Crippen LogP contribution < -0.4 is 0 Å². The van der Waals surface area contributed by atoms with Gasteiger partial charge in [-0.2, -0.15) is 0 Å². The Balaban J connectivity index is 1.55. The normalized spacial score (nSPS) is 14.8. The van der Waals surface area contributed by atoms with Gasteiger partial charge in [-0.25, -0.2) is 4.39 Å². The molecule has 2 heterocycles. The van der Waals surface area contributed by atoms with Crippen LogP contribution in [-0.2, 0) is 11.2 Å². The summed E-state index contributed by atoms with van der Waals surface area (Å²) in [6, 6.07) is 9.83. The van der Waals surface area contributed by atoms with Crippen LogP contribution in [0.1, 0.15) is 28.8 Å². The fourth-order valence-electron chi connectivity index (χ4n) is 3.13. The molecule has 0 saturated carbocycles. The maximum Gasteiger partial charge on any atom is 0.256 e. The van der Waals surface area contributed by atoms with E-state index in [2.05, 4.69) is 4.98 Å². The fraction of sp³-hybridized carbons (Fsp3) is 0.350. The lowest BCUT2D eigenvalue weighted by Gasteiger charge is -2.22. The quantitative estimate of drug-likeness (QED) is 0.847. The highest BCUT2D eigenvalue weighted by atomic mass is 19.1. The number of aromatic nitrogens is 1. The summed E-state index contributed by atoms with van der Waals surface area (Å²) in [6.45, 7) is 2.06. The average Bonchev–Trinajstić information content (AvgIpc) is 2.93. The van der Waals surface area contributed by atoms with Crippen LogP contribution in [0.15, 0.2) is 48.8 Å². The van der Waals surface area contributed by atoms with Crippen LogP contribution in [0.25, 0.3) is 0 Å². The number of halogens is 1. The number of aryl methyl sites for hydroxylation is 1. The Morgan fingerprint density at radius 2 is 1.65 bits per heavy atom. The molecule has 0 bridgehead atoms. The SMILES string of the molecule is O=C(CCc1ccncc1)N1CCCN(C(=O)c2ccccc2F)CC1. The Morgan fingerprint density at radius 1 is 0.962 bits per heavy atom. The summed E-state index contributed by atoms with van der Waals surface area (Å²) in [6.07, 6.45) is 5.25. The zero-order valence-corrected chi connectivity index (χ0v) is 14.6. The van der Waals surface area contributed by atoms with Gasteiger partial charge in [0.05, 0.1) is 5.56 Å². The lowest BCUT2D eigenvalue weighted by Crippen LogP contribution is -2.37. The van der Waals surface area contributed by atoms with Crippen LogP contribution in [0.2, 0.25) is 0 Å². The van der Waals surface area contributed by atoms with Crippen molar-refractivity contribution in [2.24, 2.45) is 0 Å². The van der Waals surface area contributed by atoms with E-state index < -0.39 is 5.82 Å². The largest absolute Gasteiger partial charge is 0.341 e. The molecule has 0 unspecified atom stereocenters. The number of benzene rings is 1. The summed E-state index contributed by atoms with van der Waals surface area (Å²) in [5, 5.41) is 0. The number of amides is 2. The molecule has 1 aliphatic heterocycles. The van der Waals surface area contributed by atoms with Gasteiger partial charge in [0.25, 0.3) is 5.91 Å². The molecule has 6 heteroatoms. The second-order valence-corrected chi connectivity index (χ2v) is 6.36. The molecule has 1 aromatic heterocycles. The van der Waals surface area contributed by atoms with Gasteiger partial charge in [-0.3, -0.25) is 14.6 Å². The lowest BCUT2D eigenvalue weighted by atomic mass is 10.1. The van der Waals surface area contributed by atoms with Crippen LogP contribution in [0, 0.1) is 5.82 Å². The number of hydrogen-bond acceptors (Lipinski definition) is 3. The second kappa shape index (κ2) is 8.56. The number of rotatable bonds is 4. The molecular formula is C20H22FN3O2. The Labute approximate surface area is 152 Å². The van der Waals surface area contributed by atoms with Gasteiger partial charge in [0.15, 0.2) is 0 Å². The summed E-state index contributed by atoms with van der Waals surface area (Å²) in [5.41, 5.74) is 1.17. The van der Waals surface area contributed by atoms with Crippen molar-refractivity contribution < 1.29 is 14.0 Å². The van der Waals surface area contributed by atoms with E-state index in [1.165, 1.54) is 12.1 Å². The van der Waals surface area contributed by atoms with Crippen molar-refractivity contribution in [2.45, 2.75) is 19.3 Å². The summed E-state index contributed by atoms with van der Waals surface area (Å²) in [4.78, 5) is 32.4. The molecule has 0 spiro atoms. The highest BCUT2D eigenvalue weighted by Crippen LogP contribution is 2.13. The van der Waals surface area contributed by atoms with E-state index in [0.717, 1.165) is 5.56 Å². The first-order chi connectivity index (χ1) is 12.6. The van der Waals surface area contributed by atoms with E-state index in [9.17, 15) is 14.0 Å². The van der Waals surface area contributed by atoms with Gasteiger partial charge in [-0.15, -0.1) is 0 Å². The molecule has 5 nitrogen and oxygen atoms in total. The smallest absolute Gasteiger partial charge is 0.256 e. The van der Waals surface area contributed by atoms with Gasteiger partial charge >= 0.3 is 0 Å². The zero-order chi connectivity index (χ0) is 18.4. The molecule has 1 aliphatic rings. The molecule has 136 valence electrons. The van der Waals surface area contributed by atoms with Crippen LogP contribution in [0.3, 0.4) is 0 Å². The second-order valence-electron chi connectivity index (χ2n) is 6.36. The van der Waals surface area contributed by atoms with E-state index in [0.29, 0.717) is 45.4 Å². The monoisotopic (exact) mass is 355 g/mol. The summed E-state index contributed by atoms with van der Waals surface area (Å²) in [5.74, 6) is -0.733. The molecule has 26 heavy (non-hydrogen) atoms. The number of carbonyl (C=O) groups excluding carboxylic acids is 2. The van der Waals surface area contributed by atoms with E-state index in [1.807, 2.05) is 12.1 Å². The number of nitrogens with zero attached hydrogens (tertiary/aromatic N) is 3. The van der Waals surface area contributed by atoms with Gasteiger partial charge in [0.2, 0.25) is 5.91 Å². The van der Waals surface area contributed by atoms with E-state index >= 15 is 0 Å². The Kier molecular flexibility index (Phi) is 5.94. The highest BCUT2D eigenvalue weighted by molar-refractivity contribution is 5.94. The molecule has 0 radical (unpaired) electrons. The Hall–Kier alpha value is -2.76. The third kappa shape index (κ3) is 4.45. The minimum absolute atomic E-state index is 0.0852. The minimum Gasteiger partial charge on any atom is -0.341 e. The minimum atomic E-state index is -0.507. The van der Waals surface area contributed by atoms with Gasteiger partial charge in [-0.1, -0.05) is 12.1 Å². The summed E-state index contributed by atoms with van der Waals surface area (Å²) in [7, 11) is 0. The van der Waals surface area contributed by atoms with Gasteiger partial charge in [-0.05, 0) is 42.7 Å². The van der Waals surface area contributed by atoms with E-state index in [4.69, 9.17) is 0 Å². The maximum atomic E-state index is 13.8. The van der Waals surface area contributed by atoms with E-state index in [1.54, 1.807) is 34.3 Å². The van der Waals surface area contributed by atoms with Crippen molar-refractivity contribution in [1.82, 2.24) is 14.8 Å². The lowest BCUT2D eigenvalue weighted by molar-refractivity contribution is -0.131. The van der Waals surface area contributed by atoms with Crippen molar-refractivity contribution in [3.8, 4) is 0 Å². The fourth-order valence-corrected chi connectivity index (χ4v) is 3.13. The highest BCUT2D eigenvalue weighted by Gasteiger charge is 2.24. The number of hydrogen-bond donors (Lipinski definition) is 0.